The Morgan fingerprint density at radius 1 is 1.17 bits per heavy atom. The van der Waals surface area contributed by atoms with Crippen molar-refractivity contribution in [3.63, 3.8) is 0 Å². The lowest BCUT2D eigenvalue weighted by Crippen LogP contribution is -2.14. The Hall–Kier alpha value is -1.66. The van der Waals surface area contributed by atoms with Crippen molar-refractivity contribution in [3.05, 3.63) is 53.4 Å². The predicted molar refractivity (Wildman–Crippen MR) is 66.5 cm³/mol. The molecule has 0 aliphatic rings. The summed E-state index contributed by atoms with van der Waals surface area (Å²) in [5.74, 6) is -0.521. The monoisotopic (exact) mass is 286 g/mol. The first-order valence-corrected chi connectivity index (χ1v) is 6.74. The molecule has 18 heavy (non-hydrogen) atoms. The average Bonchev–Trinajstić information content (AvgIpc) is 2.32. The van der Waals surface area contributed by atoms with Gasteiger partial charge in [0.2, 0.25) is 0 Å². The van der Waals surface area contributed by atoms with Crippen LogP contribution in [0.25, 0.3) is 0 Å². The van der Waals surface area contributed by atoms with E-state index in [-0.39, 0.29) is 15.7 Å². The van der Waals surface area contributed by atoms with Gasteiger partial charge in [-0.1, -0.05) is 23.7 Å². The number of hydrogen-bond acceptors (Lipinski definition) is 3. The maximum Gasteiger partial charge on any atom is 0.264 e. The van der Waals surface area contributed by atoms with Gasteiger partial charge in [0.25, 0.3) is 10.0 Å². The molecule has 1 N–H and O–H groups in total. The molecule has 1 aromatic heterocycles. The van der Waals surface area contributed by atoms with E-state index >= 15 is 0 Å². The first kappa shape index (κ1) is 12.8. The maximum absolute atomic E-state index is 12.6. The van der Waals surface area contributed by atoms with Crippen molar-refractivity contribution in [1.29, 1.82) is 0 Å². The summed E-state index contributed by atoms with van der Waals surface area (Å²) in [6.07, 6.45) is 0.921. The number of nitrogens with zero attached hydrogens (tertiary/aromatic N) is 1. The minimum atomic E-state index is -3.82. The number of aromatic nitrogens is 1. The molecule has 0 radical (unpaired) electrons. The van der Waals surface area contributed by atoms with Crippen molar-refractivity contribution in [2.24, 2.45) is 0 Å². The number of halogens is 2. The molecule has 0 spiro atoms. The molecule has 0 atom stereocenters. The second-order valence-electron chi connectivity index (χ2n) is 3.40. The fourth-order valence-corrected chi connectivity index (χ4v) is 2.82. The number of sulfonamides is 1. The van der Waals surface area contributed by atoms with Gasteiger partial charge in [-0.15, -0.1) is 0 Å². The van der Waals surface area contributed by atoms with Gasteiger partial charge in [-0.25, -0.2) is 17.8 Å². The summed E-state index contributed by atoms with van der Waals surface area (Å²) in [6, 6.07) is 8.35. The summed E-state index contributed by atoms with van der Waals surface area (Å²) in [5.41, 5.74) is 0. The molecule has 2 rings (SSSR count). The highest BCUT2D eigenvalue weighted by Crippen LogP contribution is 2.22. The summed E-state index contributed by atoms with van der Waals surface area (Å²) >= 11 is 5.80. The highest BCUT2D eigenvalue weighted by atomic mass is 35.5. The van der Waals surface area contributed by atoms with Gasteiger partial charge in [-0.2, -0.15) is 0 Å². The molecule has 0 unspecified atom stereocenters. The number of benzene rings is 1. The minimum Gasteiger partial charge on any atom is -0.263 e. The van der Waals surface area contributed by atoms with Crippen molar-refractivity contribution in [1.82, 2.24) is 4.98 Å². The number of hydrogen-bond donors (Lipinski definition) is 1. The molecule has 0 aliphatic carbocycles. The molecular weight excluding hydrogens is 279 g/mol. The van der Waals surface area contributed by atoms with Crippen LogP contribution >= 0.6 is 11.6 Å². The zero-order valence-corrected chi connectivity index (χ0v) is 10.5. The number of pyridine rings is 1. The van der Waals surface area contributed by atoms with Gasteiger partial charge in [0.1, 0.15) is 16.5 Å². The summed E-state index contributed by atoms with van der Waals surface area (Å²) < 4.78 is 38.8. The van der Waals surface area contributed by atoms with Gasteiger partial charge in [0, 0.05) is 0 Å². The van der Waals surface area contributed by atoms with E-state index in [4.69, 9.17) is 11.6 Å². The number of rotatable bonds is 3. The Morgan fingerprint density at radius 2 is 1.89 bits per heavy atom. The van der Waals surface area contributed by atoms with Crippen molar-refractivity contribution in [2.45, 2.75) is 4.90 Å². The molecule has 2 aromatic rings. The molecule has 0 aliphatic heterocycles. The Kier molecular flexibility index (Phi) is 3.49. The Labute approximate surface area is 108 Å². The molecule has 4 nitrogen and oxygen atoms in total. The molecule has 94 valence electrons. The molecule has 1 aromatic carbocycles. The van der Waals surface area contributed by atoms with Gasteiger partial charge < -0.3 is 0 Å². The third kappa shape index (κ3) is 2.77. The second-order valence-corrected chi connectivity index (χ2v) is 5.46. The van der Waals surface area contributed by atoms with Gasteiger partial charge in [-0.05, 0) is 24.3 Å². The molecule has 0 bridgehead atoms. The van der Waals surface area contributed by atoms with Crippen LogP contribution in [-0.2, 0) is 10.0 Å². The topological polar surface area (TPSA) is 59.1 Å². The van der Waals surface area contributed by atoms with E-state index in [0.717, 1.165) is 12.3 Å². The molecule has 7 heteroatoms. The van der Waals surface area contributed by atoms with Crippen LogP contribution in [0.15, 0.2) is 47.5 Å². The van der Waals surface area contributed by atoms with Gasteiger partial charge >= 0.3 is 0 Å². The van der Waals surface area contributed by atoms with Gasteiger partial charge in [-0.3, -0.25) is 4.72 Å². The second kappa shape index (κ2) is 4.91. The normalized spacial score (nSPS) is 11.2. The highest BCUT2D eigenvalue weighted by molar-refractivity contribution is 7.92. The minimum absolute atomic E-state index is 0.0244. The predicted octanol–water partition coefficient (Wildman–Crippen LogP) is 2.67. The van der Waals surface area contributed by atoms with Crippen molar-refractivity contribution in [3.8, 4) is 0 Å². The first-order chi connectivity index (χ1) is 8.49. The van der Waals surface area contributed by atoms with Crippen LogP contribution in [0.3, 0.4) is 0 Å². The summed E-state index contributed by atoms with van der Waals surface area (Å²) in [7, 11) is -3.82. The molecule has 0 amide bonds. The largest absolute Gasteiger partial charge is 0.264 e. The van der Waals surface area contributed by atoms with Crippen LogP contribution in [0.5, 0.6) is 0 Å². The van der Waals surface area contributed by atoms with Crippen LogP contribution in [0.2, 0.25) is 5.02 Å². The molecule has 0 saturated carbocycles. The smallest absolute Gasteiger partial charge is 0.263 e. The average molecular weight is 287 g/mol. The highest BCUT2D eigenvalue weighted by Gasteiger charge is 2.17. The summed E-state index contributed by atoms with van der Waals surface area (Å²) in [5, 5.41) is 0.104. The molecule has 0 fully saturated rings. The van der Waals surface area contributed by atoms with Crippen LogP contribution < -0.4 is 4.72 Å². The van der Waals surface area contributed by atoms with Crippen molar-refractivity contribution < 1.29 is 12.8 Å². The quantitative estimate of drug-likeness (QED) is 0.944. The summed E-state index contributed by atoms with van der Waals surface area (Å²) in [6.45, 7) is 0. The number of nitrogens with one attached hydrogen (secondary N) is 1. The molecular formula is C11H8ClFN2O2S. The Morgan fingerprint density at radius 3 is 2.50 bits per heavy atom. The van der Waals surface area contributed by atoms with Crippen LogP contribution in [0.4, 0.5) is 10.2 Å². The van der Waals surface area contributed by atoms with Crippen LogP contribution in [0.1, 0.15) is 0 Å². The van der Waals surface area contributed by atoms with E-state index in [1.807, 2.05) is 0 Å². The lowest BCUT2D eigenvalue weighted by Gasteiger charge is -2.08. The van der Waals surface area contributed by atoms with Crippen LogP contribution in [0, 0.1) is 5.82 Å². The van der Waals surface area contributed by atoms with Crippen molar-refractivity contribution in [2.75, 3.05) is 4.72 Å². The lowest BCUT2D eigenvalue weighted by molar-refractivity contribution is 0.600. The van der Waals surface area contributed by atoms with E-state index in [0.29, 0.717) is 0 Å². The van der Waals surface area contributed by atoms with Gasteiger partial charge in [0.15, 0.2) is 0 Å². The van der Waals surface area contributed by atoms with Gasteiger partial charge in [0.05, 0.1) is 11.2 Å². The van der Waals surface area contributed by atoms with E-state index < -0.39 is 15.8 Å². The van der Waals surface area contributed by atoms with Crippen LogP contribution in [-0.4, -0.2) is 13.4 Å². The Balaban J connectivity index is 2.33. The fraction of sp³-hybridized carbons (Fsp3) is 0. The third-order valence-corrected chi connectivity index (χ3v) is 3.95. The zero-order chi connectivity index (χ0) is 13.2. The van der Waals surface area contributed by atoms with Crippen molar-refractivity contribution >= 4 is 27.4 Å². The standard InChI is InChI=1S/C11H8ClFN2O2S/c12-9-3-1-2-4-10(9)18(16,17)15-11-6-5-8(13)7-14-11/h1-7H,(H,14,15). The maximum atomic E-state index is 12.6. The van der Waals surface area contributed by atoms with E-state index in [1.165, 1.54) is 18.2 Å². The fourth-order valence-electron chi connectivity index (χ4n) is 1.29. The van der Waals surface area contributed by atoms with E-state index in [9.17, 15) is 12.8 Å². The molecule has 0 saturated heterocycles. The van der Waals surface area contributed by atoms with E-state index in [2.05, 4.69) is 9.71 Å². The summed E-state index contributed by atoms with van der Waals surface area (Å²) in [4.78, 5) is 3.55. The SMILES string of the molecule is O=S(=O)(Nc1ccc(F)cn1)c1ccccc1Cl. The Bertz CT molecular complexity index is 659. The third-order valence-electron chi connectivity index (χ3n) is 2.09. The lowest BCUT2D eigenvalue weighted by atomic mass is 10.4. The number of anilines is 1. The molecule has 1 heterocycles. The van der Waals surface area contributed by atoms with E-state index in [1.54, 1.807) is 12.1 Å². The zero-order valence-electron chi connectivity index (χ0n) is 8.97. The first-order valence-electron chi connectivity index (χ1n) is 4.88.